The van der Waals surface area contributed by atoms with Crippen LogP contribution in [-0.2, 0) is 7.05 Å². The first kappa shape index (κ1) is 15.4. The van der Waals surface area contributed by atoms with Gasteiger partial charge in [-0.15, -0.1) is 0 Å². The molecule has 0 aliphatic carbocycles. The molecule has 0 fully saturated rings. The summed E-state index contributed by atoms with van der Waals surface area (Å²) in [5.41, 5.74) is 2.11. The van der Waals surface area contributed by atoms with Crippen molar-refractivity contribution < 1.29 is 9.18 Å². The molecule has 6 nitrogen and oxygen atoms in total. The molecule has 0 aliphatic rings. The fourth-order valence-electron chi connectivity index (χ4n) is 2.26. The summed E-state index contributed by atoms with van der Waals surface area (Å²) in [6.07, 6.45) is 2.35. The van der Waals surface area contributed by atoms with Gasteiger partial charge in [-0.05, 0) is 29.4 Å². The molecule has 0 saturated carbocycles. The highest BCUT2D eigenvalue weighted by Crippen LogP contribution is 2.25. The Morgan fingerprint density at radius 1 is 1.29 bits per heavy atom. The van der Waals surface area contributed by atoms with Crippen molar-refractivity contribution in [1.82, 2.24) is 14.8 Å². The highest BCUT2D eigenvalue weighted by atomic mass is 19.1. The molecule has 0 atom stereocenters. The number of amides is 1. The Labute approximate surface area is 137 Å². The van der Waals surface area contributed by atoms with Crippen LogP contribution in [-0.4, -0.2) is 20.7 Å². The van der Waals surface area contributed by atoms with E-state index in [1.54, 1.807) is 42.1 Å². The number of hydrogen-bond donors (Lipinski definition) is 1. The summed E-state index contributed by atoms with van der Waals surface area (Å²) < 4.78 is 15.2. The third kappa shape index (κ3) is 2.98. The van der Waals surface area contributed by atoms with E-state index in [2.05, 4.69) is 20.2 Å². The van der Waals surface area contributed by atoms with Crippen LogP contribution >= 0.6 is 0 Å². The average molecular weight is 321 g/mol. The van der Waals surface area contributed by atoms with E-state index in [0.717, 1.165) is 17.5 Å². The number of benzene rings is 1. The highest BCUT2D eigenvalue weighted by molar-refractivity contribution is 6.04. The van der Waals surface area contributed by atoms with Gasteiger partial charge in [-0.1, -0.05) is 18.7 Å². The molecule has 0 radical (unpaired) electrons. The van der Waals surface area contributed by atoms with Crippen molar-refractivity contribution >= 4 is 17.4 Å². The molecule has 118 valence electrons. The molecule has 0 unspecified atom stereocenters. The van der Waals surface area contributed by atoms with Crippen LogP contribution < -0.4 is 5.32 Å². The number of carbonyl (C=O) groups excluding carboxylic acids is 1. The van der Waals surface area contributed by atoms with Gasteiger partial charge in [-0.25, -0.2) is 4.39 Å². The number of aromatic nitrogens is 3. The highest BCUT2D eigenvalue weighted by Gasteiger charge is 2.12. The van der Waals surface area contributed by atoms with Gasteiger partial charge in [-0.2, -0.15) is 4.68 Å². The van der Waals surface area contributed by atoms with Crippen molar-refractivity contribution in [3.05, 3.63) is 71.6 Å². The lowest BCUT2D eigenvalue weighted by molar-refractivity contribution is 0.102. The predicted molar refractivity (Wildman–Crippen MR) is 87.1 cm³/mol. The lowest BCUT2D eigenvalue weighted by Gasteiger charge is -2.07. The maximum Gasteiger partial charge on any atom is 0.296 e. The zero-order valence-corrected chi connectivity index (χ0v) is 12.7. The fourth-order valence-corrected chi connectivity index (χ4v) is 2.26. The second-order valence-electron chi connectivity index (χ2n) is 5.01. The third-order valence-electron chi connectivity index (χ3n) is 3.44. The minimum Gasteiger partial charge on any atom is -0.359 e. The predicted octanol–water partition coefficient (Wildman–Crippen LogP) is 3.42. The molecule has 0 spiro atoms. The molecule has 0 aliphatic heterocycles. The summed E-state index contributed by atoms with van der Waals surface area (Å²) in [5.74, 6) is -0.898. The Morgan fingerprint density at radius 2 is 2.04 bits per heavy atom. The number of aryl methyl sites for hydroxylation is 1. The van der Waals surface area contributed by atoms with Crippen molar-refractivity contribution in [2.75, 3.05) is 5.32 Å². The van der Waals surface area contributed by atoms with Gasteiger partial charge in [-0.3, -0.25) is 9.78 Å². The molecule has 2 aromatic heterocycles. The smallest absolute Gasteiger partial charge is 0.296 e. The lowest BCUT2D eigenvalue weighted by atomic mass is 10.1. The average Bonchev–Trinajstić information content (AvgIpc) is 2.97. The molecule has 24 heavy (non-hydrogen) atoms. The van der Waals surface area contributed by atoms with Crippen molar-refractivity contribution in [1.29, 1.82) is 0 Å². The van der Waals surface area contributed by atoms with E-state index in [4.69, 9.17) is 6.57 Å². The number of nitrogens with one attached hydrogen (secondary N) is 1. The number of rotatable bonds is 3. The van der Waals surface area contributed by atoms with E-state index in [0.29, 0.717) is 11.5 Å². The van der Waals surface area contributed by atoms with E-state index in [1.165, 1.54) is 12.3 Å². The maximum absolute atomic E-state index is 13.6. The maximum atomic E-state index is 13.6. The summed E-state index contributed by atoms with van der Waals surface area (Å²) in [7, 11) is 1.76. The minimum atomic E-state index is -0.673. The minimum absolute atomic E-state index is 0.0672. The van der Waals surface area contributed by atoms with Crippen LogP contribution in [0.4, 0.5) is 15.9 Å². The molecule has 0 saturated heterocycles. The third-order valence-corrected chi connectivity index (χ3v) is 3.44. The number of anilines is 1. The van der Waals surface area contributed by atoms with Crippen molar-refractivity contribution in [2.24, 2.45) is 7.05 Å². The first-order valence-electron chi connectivity index (χ1n) is 7.01. The fraction of sp³-hybridized carbons (Fsp3) is 0.0588. The van der Waals surface area contributed by atoms with Crippen molar-refractivity contribution in [3.8, 4) is 11.3 Å². The molecule has 3 rings (SSSR count). The van der Waals surface area contributed by atoms with Crippen LogP contribution in [0.15, 0.2) is 48.8 Å². The van der Waals surface area contributed by atoms with Gasteiger partial charge in [0.15, 0.2) is 5.82 Å². The number of carbonyl (C=O) groups is 1. The Morgan fingerprint density at radius 3 is 2.67 bits per heavy atom. The van der Waals surface area contributed by atoms with Gasteiger partial charge in [0, 0.05) is 17.4 Å². The normalized spacial score (nSPS) is 10.2. The summed E-state index contributed by atoms with van der Waals surface area (Å²) in [6, 6.07) is 10.0. The molecule has 1 aromatic carbocycles. The van der Waals surface area contributed by atoms with E-state index >= 15 is 0 Å². The Bertz CT molecular complexity index is 940. The molecule has 1 amide bonds. The van der Waals surface area contributed by atoms with Crippen molar-refractivity contribution in [3.63, 3.8) is 0 Å². The molecule has 3 aromatic rings. The first-order chi connectivity index (χ1) is 11.6. The number of pyridine rings is 1. The van der Waals surface area contributed by atoms with E-state index in [1.807, 2.05) is 0 Å². The second kappa shape index (κ2) is 6.30. The Hall–Kier alpha value is -3.53. The standard InChI is InChI=1S/C17H12FN5O/c1-19-16-9-15(23(2)22-16)11-3-5-12(6-4-11)21-17(24)13-7-8-20-10-14(13)18/h3-10H,2H3,(H,21,24). The van der Waals surface area contributed by atoms with Crippen LogP contribution in [0.2, 0.25) is 0 Å². The molecule has 7 heteroatoms. The van der Waals surface area contributed by atoms with Gasteiger partial charge < -0.3 is 10.2 Å². The van der Waals surface area contributed by atoms with Crippen LogP contribution in [0.1, 0.15) is 10.4 Å². The Balaban J connectivity index is 1.80. The van der Waals surface area contributed by atoms with E-state index < -0.39 is 11.7 Å². The van der Waals surface area contributed by atoms with Crippen LogP contribution in [0.5, 0.6) is 0 Å². The van der Waals surface area contributed by atoms with Gasteiger partial charge in [0.2, 0.25) is 0 Å². The van der Waals surface area contributed by atoms with Gasteiger partial charge in [0.1, 0.15) is 0 Å². The van der Waals surface area contributed by atoms with Crippen LogP contribution in [0.25, 0.3) is 16.1 Å². The molecule has 1 N–H and O–H groups in total. The van der Waals surface area contributed by atoms with Gasteiger partial charge in [0.05, 0.1) is 24.5 Å². The molecular formula is C17H12FN5O. The summed E-state index contributed by atoms with van der Waals surface area (Å²) in [4.78, 5) is 19.0. The number of halogens is 1. The molecular weight excluding hydrogens is 309 g/mol. The summed E-state index contributed by atoms with van der Waals surface area (Å²) >= 11 is 0. The zero-order chi connectivity index (χ0) is 17.1. The first-order valence-corrected chi connectivity index (χ1v) is 7.01. The van der Waals surface area contributed by atoms with Crippen LogP contribution in [0.3, 0.4) is 0 Å². The Kier molecular flexibility index (Phi) is 4.03. The summed E-state index contributed by atoms with van der Waals surface area (Å²) in [5, 5.41) is 6.70. The zero-order valence-electron chi connectivity index (χ0n) is 12.7. The monoisotopic (exact) mass is 321 g/mol. The largest absolute Gasteiger partial charge is 0.359 e. The summed E-state index contributed by atoms with van der Waals surface area (Å²) in [6.45, 7) is 6.99. The lowest BCUT2D eigenvalue weighted by Crippen LogP contribution is -2.13. The number of nitrogens with zero attached hydrogens (tertiary/aromatic N) is 4. The van der Waals surface area contributed by atoms with Gasteiger partial charge >= 0.3 is 0 Å². The molecule has 2 heterocycles. The van der Waals surface area contributed by atoms with E-state index in [9.17, 15) is 9.18 Å². The SMILES string of the molecule is [C-]#[N+]c1cc(-c2ccc(NC(=O)c3ccncc3F)cc2)n(C)n1. The van der Waals surface area contributed by atoms with Gasteiger partial charge in [0.25, 0.3) is 11.7 Å². The van der Waals surface area contributed by atoms with E-state index in [-0.39, 0.29) is 5.56 Å². The topological polar surface area (TPSA) is 64.2 Å². The molecule has 0 bridgehead atoms. The van der Waals surface area contributed by atoms with Crippen molar-refractivity contribution in [2.45, 2.75) is 0 Å². The quantitative estimate of drug-likeness (QED) is 0.752. The number of hydrogen-bond acceptors (Lipinski definition) is 3. The van der Waals surface area contributed by atoms with Crippen LogP contribution in [0, 0.1) is 12.4 Å². The second-order valence-corrected chi connectivity index (χ2v) is 5.01.